The summed E-state index contributed by atoms with van der Waals surface area (Å²) in [5, 5.41) is 46.8. The van der Waals surface area contributed by atoms with Gasteiger partial charge in [-0.15, -0.1) is 0 Å². The fraction of sp³-hybridized carbons (Fsp3) is 0.481. The number of carbonyl (C=O) groups excluding carboxylic acids is 4. The second-order valence-corrected chi connectivity index (χ2v) is 11.8. The molecule has 0 aromatic heterocycles. The van der Waals surface area contributed by atoms with Gasteiger partial charge in [-0.05, 0) is 39.9 Å². The monoisotopic (exact) mass is 609 g/mol. The van der Waals surface area contributed by atoms with Crippen LogP contribution in [0.5, 0.6) is 5.75 Å². The minimum atomic E-state index is -3.30. The van der Waals surface area contributed by atoms with Gasteiger partial charge in [0.05, 0.1) is 30.3 Å². The van der Waals surface area contributed by atoms with E-state index in [-0.39, 0.29) is 18.4 Å². The van der Waals surface area contributed by atoms with Crippen LogP contribution in [0.25, 0.3) is 0 Å². The lowest BCUT2D eigenvalue weighted by Crippen LogP contribution is -2.63. The number of benzene rings is 1. The molecule has 4 aliphatic rings. The molecule has 0 saturated carbocycles. The molecule has 0 radical (unpaired) electrons. The highest BCUT2D eigenvalue weighted by atomic mass is 19.3. The number of allylic oxidation sites excluding steroid dienone is 1. The van der Waals surface area contributed by atoms with E-state index in [4.69, 9.17) is 11.5 Å². The van der Waals surface area contributed by atoms with Gasteiger partial charge < -0.3 is 37.2 Å². The Bertz CT molecular complexity index is 1580. The summed E-state index contributed by atoms with van der Waals surface area (Å²) in [4.78, 5) is 54.4. The van der Waals surface area contributed by atoms with Gasteiger partial charge in [-0.3, -0.25) is 29.0 Å². The van der Waals surface area contributed by atoms with Gasteiger partial charge in [-0.2, -0.15) is 0 Å². The number of hydrogen-bond acceptors (Lipinski definition) is 11. The van der Waals surface area contributed by atoms with Crippen molar-refractivity contribution in [2.75, 3.05) is 33.0 Å². The number of aromatic hydroxyl groups is 1. The number of likely N-dealkylation sites (N-methyl/N-ethyl adjacent to an activating group) is 2. The van der Waals surface area contributed by atoms with Gasteiger partial charge in [0.25, 0.3) is 17.7 Å². The number of nitrogens with zero attached hydrogens (tertiary/aromatic N) is 2. The minimum Gasteiger partial charge on any atom is -0.510 e. The van der Waals surface area contributed by atoms with Crippen LogP contribution in [0.2, 0.25) is 0 Å². The first-order chi connectivity index (χ1) is 19.8. The summed E-state index contributed by atoms with van der Waals surface area (Å²) in [5.74, 6) is -14.8. The van der Waals surface area contributed by atoms with Crippen LogP contribution < -0.4 is 16.8 Å². The van der Waals surface area contributed by atoms with Crippen LogP contribution in [0.3, 0.4) is 0 Å². The molecule has 0 spiro atoms. The van der Waals surface area contributed by atoms with E-state index in [0.717, 1.165) is 4.90 Å². The Kier molecular flexibility index (Phi) is 6.73. The first-order valence-electron chi connectivity index (χ1n) is 13.2. The highest BCUT2D eigenvalue weighted by Gasteiger charge is 2.63. The number of Topliss-reactive ketones (excluding diaryl/α,β-unsaturated/α-hetero) is 2. The number of ketones is 2. The van der Waals surface area contributed by atoms with E-state index in [2.05, 4.69) is 5.32 Å². The summed E-state index contributed by atoms with van der Waals surface area (Å²) >= 11 is 0. The molecule has 43 heavy (non-hydrogen) atoms. The number of amides is 2. The van der Waals surface area contributed by atoms with Crippen molar-refractivity contribution in [3.63, 3.8) is 0 Å². The van der Waals surface area contributed by atoms with Crippen LogP contribution in [0.1, 0.15) is 28.8 Å². The van der Waals surface area contributed by atoms with Crippen molar-refractivity contribution in [1.82, 2.24) is 9.80 Å². The number of hydrogen-bond donors (Lipinski definition) is 7. The highest BCUT2D eigenvalue weighted by molar-refractivity contribution is 6.25. The molecule has 13 nitrogen and oxygen atoms in total. The summed E-state index contributed by atoms with van der Waals surface area (Å²) in [6.45, 7) is -0.837. The van der Waals surface area contributed by atoms with Gasteiger partial charge in [0.1, 0.15) is 22.9 Å². The molecule has 2 amide bonds. The van der Waals surface area contributed by atoms with E-state index in [9.17, 15) is 48.4 Å². The van der Waals surface area contributed by atoms with Crippen LogP contribution in [0.4, 0.5) is 18.9 Å². The molecule has 1 fully saturated rings. The lowest BCUT2D eigenvalue weighted by molar-refractivity contribution is -0.148. The summed E-state index contributed by atoms with van der Waals surface area (Å²) in [7, 11) is 4.12. The number of fused-ring (bicyclic) bond motifs is 3. The number of anilines is 1. The van der Waals surface area contributed by atoms with E-state index in [1.54, 1.807) is 0 Å². The molecule has 9 N–H and O–H groups in total. The number of aliphatic hydroxyl groups excluding tert-OH is 2. The Morgan fingerprint density at radius 2 is 1.81 bits per heavy atom. The third-order valence-electron chi connectivity index (χ3n) is 8.99. The second kappa shape index (κ2) is 9.51. The molecule has 0 unspecified atom stereocenters. The molecule has 5 atom stereocenters. The molecule has 0 bridgehead atoms. The molecule has 16 heteroatoms. The third kappa shape index (κ3) is 4.15. The van der Waals surface area contributed by atoms with Crippen molar-refractivity contribution in [1.29, 1.82) is 0 Å². The Hall–Kier alpha value is -3.99. The number of phenolic OH excluding ortho intramolecular Hbond substituents is 1. The summed E-state index contributed by atoms with van der Waals surface area (Å²) in [6.07, 6.45) is -1.64. The van der Waals surface area contributed by atoms with Crippen molar-refractivity contribution < 1.29 is 52.8 Å². The molecular weight excluding hydrogens is 579 g/mol. The number of nitrogens with one attached hydrogen (secondary N) is 1. The molecule has 3 aliphatic carbocycles. The number of halogens is 3. The van der Waals surface area contributed by atoms with Crippen LogP contribution in [0, 0.1) is 17.7 Å². The molecule has 1 aromatic rings. The average Bonchev–Trinajstić information content (AvgIpc) is 3.10. The fourth-order valence-corrected chi connectivity index (χ4v) is 6.93. The lowest BCUT2D eigenvalue weighted by Gasteiger charge is -2.50. The van der Waals surface area contributed by atoms with Gasteiger partial charge in [0.2, 0.25) is 5.78 Å². The Morgan fingerprint density at radius 1 is 1.19 bits per heavy atom. The van der Waals surface area contributed by atoms with Crippen molar-refractivity contribution in [2.45, 2.75) is 42.5 Å². The van der Waals surface area contributed by atoms with Crippen molar-refractivity contribution in [2.24, 2.45) is 23.3 Å². The third-order valence-corrected chi connectivity index (χ3v) is 8.99. The lowest BCUT2D eigenvalue weighted by atomic mass is 9.58. The Labute approximate surface area is 242 Å². The minimum absolute atomic E-state index is 0.249. The smallest absolute Gasteiger partial charge is 0.264 e. The maximum atomic E-state index is 15.5. The number of likely N-dealkylation sites (tertiary alicyclic amines) is 1. The van der Waals surface area contributed by atoms with Crippen molar-refractivity contribution >= 4 is 29.1 Å². The van der Waals surface area contributed by atoms with Gasteiger partial charge in [-0.25, -0.2) is 13.2 Å². The molecule has 1 heterocycles. The number of rotatable bonds is 4. The molecular formula is C27H30F3N5O8. The van der Waals surface area contributed by atoms with E-state index in [1.807, 2.05) is 0 Å². The molecule has 232 valence electrons. The fourth-order valence-electron chi connectivity index (χ4n) is 6.93. The zero-order valence-corrected chi connectivity index (χ0v) is 23.2. The SMILES string of the molecule is CN(C)[C@@H]1C(O)=C(C(N)=O)C(=O)[C@@]2(O)C(O)=C3C(=O)c4c(O)c(NC(=O)[C@]5(N)CC(F)(F)CN5C)cc(F)c4C[C@H]3C[C@@H]12. The van der Waals surface area contributed by atoms with Crippen LogP contribution in [-0.2, 0) is 20.8 Å². The number of primary amides is 1. The van der Waals surface area contributed by atoms with Gasteiger partial charge >= 0.3 is 0 Å². The summed E-state index contributed by atoms with van der Waals surface area (Å²) in [6, 6.07) is -0.518. The molecule has 5 rings (SSSR count). The highest BCUT2D eigenvalue weighted by Crippen LogP contribution is 2.53. The molecule has 1 saturated heterocycles. The molecule has 1 aromatic carbocycles. The van der Waals surface area contributed by atoms with E-state index >= 15 is 4.39 Å². The zero-order valence-electron chi connectivity index (χ0n) is 23.2. The first-order valence-corrected chi connectivity index (χ1v) is 13.2. The normalized spacial score (nSPS) is 32.1. The Morgan fingerprint density at radius 3 is 2.35 bits per heavy atom. The average molecular weight is 610 g/mol. The van der Waals surface area contributed by atoms with Crippen molar-refractivity contribution in [3.05, 3.63) is 45.7 Å². The van der Waals surface area contributed by atoms with Gasteiger partial charge in [-0.1, -0.05) is 0 Å². The van der Waals surface area contributed by atoms with Crippen LogP contribution in [-0.4, -0.2) is 105 Å². The van der Waals surface area contributed by atoms with E-state index < -0.39 is 117 Å². The predicted octanol–water partition coefficient (Wildman–Crippen LogP) is -0.176. The standard InChI is InChI=1S/C27H30F3N5O8/c1-34(2)17-11-5-9-4-10-12(28)6-13(33-24(42)26(32)7-25(29,30)8-35(26)3)18(36)15(10)19(37)14(9)21(39)27(11,43)22(40)16(20(17)38)23(31)41/h6,9,11,17,36,38-39,43H,4-5,7-8,32H2,1-3H3,(H2,31,41)(H,33,42)/t9-,11-,17-,26-,27-/m0/s1. The summed E-state index contributed by atoms with van der Waals surface area (Å²) in [5.41, 5.74) is 2.90. The largest absolute Gasteiger partial charge is 0.510 e. The number of phenols is 1. The predicted molar refractivity (Wildman–Crippen MR) is 141 cm³/mol. The molecule has 1 aliphatic heterocycles. The summed E-state index contributed by atoms with van der Waals surface area (Å²) < 4.78 is 43.4. The van der Waals surface area contributed by atoms with Crippen LogP contribution in [0.15, 0.2) is 28.7 Å². The quantitative estimate of drug-likeness (QED) is 0.175. The first kappa shape index (κ1) is 30.5. The maximum absolute atomic E-state index is 15.5. The number of nitrogens with two attached hydrogens (primary N) is 2. The number of carbonyl (C=O) groups is 4. The van der Waals surface area contributed by atoms with Crippen molar-refractivity contribution in [3.8, 4) is 5.75 Å². The van der Waals surface area contributed by atoms with E-state index in [0.29, 0.717) is 6.07 Å². The maximum Gasteiger partial charge on any atom is 0.264 e. The zero-order chi connectivity index (χ0) is 32.1. The van der Waals surface area contributed by atoms with E-state index in [1.165, 1.54) is 26.0 Å². The van der Waals surface area contributed by atoms with Gasteiger partial charge in [0.15, 0.2) is 22.8 Å². The van der Waals surface area contributed by atoms with Crippen LogP contribution >= 0.6 is 0 Å². The second-order valence-electron chi connectivity index (χ2n) is 11.8. The number of aliphatic hydroxyl groups is 3. The topological polar surface area (TPSA) is 220 Å². The van der Waals surface area contributed by atoms with Gasteiger partial charge in [0, 0.05) is 23.1 Å². The number of alkyl halides is 2. The Balaban J connectivity index is 1.60.